The zero-order valence-corrected chi connectivity index (χ0v) is 9.95. The van der Waals surface area contributed by atoms with Crippen molar-refractivity contribution in [3.8, 4) is 5.75 Å². The Morgan fingerprint density at radius 2 is 2.00 bits per heavy atom. The highest BCUT2D eigenvalue weighted by molar-refractivity contribution is 6.35. The number of rotatable bonds is 4. The standard InChI is InChI=1S/C10H10Cl2F2O2/c1-16-9-7(10(13,14)2-3-15)4-6(11)5-8(9)12/h4-5,15H,2-3H2,1H3. The van der Waals surface area contributed by atoms with Crippen molar-refractivity contribution in [1.82, 2.24) is 0 Å². The summed E-state index contributed by atoms with van der Waals surface area (Å²) in [6, 6.07) is 2.41. The Labute approximate surface area is 102 Å². The molecule has 1 aromatic carbocycles. The van der Waals surface area contributed by atoms with Gasteiger partial charge in [0.25, 0.3) is 5.92 Å². The molecule has 1 N–H and O–H groups in total. The highest BCUT2D eigenvalue weighted by Gasteiger charge is 2.35. The summed E-state index contributed by atoms with van der Waals surface area (Å²) in [5, 5.41) is 8.69. The van der Waals surface area contributed by atoms with Gasteiger partial charge in [-0.2, -0.15) is 0 Å². The van der Waals surface area contributed by atoms with Crippen LogP contribution < -0.4 is 4.74 Å². The van der Waals surface area contributed by atoms with Crippen molar-refractivity contribution < 1.29 is 18.6 Å². The van der Waals surface area contributed by atoms with E-state index in [1.165, 1.54) is 13.2 Å². The quantitative estimate of drug-likeness (QED) is 0.908. The van der Waals surface area contributed by atoms with E-state index < -0.39 is 24.5 Å². The van der Waals surface area contributed by atoms with Gasteiger partial charge in [-0.25, -0.2) is 8.78 Å². The molecule has 1 rings (SSSR count). The first kappa shape index (κ1) is 13.5. The Hall–Kier alpha value is -0.580. The van der Waals surface area contributed by atoms with Gasteiger partial charge in [-0.05, 0) is 12.1 Å². The number of ether oxygens (including phenoxy) is 1. The number of hydrogen-bond donors (Lipinski definition) is 1. The van der Waals surface area contributed by atoms with Crippen molar-refractivity contribution in [3.05, 3.63) is 27.7 Å². The summed E-state index contributed by atoms with van der Waals surface area (Å²) >= 11 is 11.4. The fourth-order valence-corrected chi connectivity index (χ4v) is 1.89. The van der Waals surface area contributed by atoms with Crippen LogP contribution in [0, 0.1) is 0 Å². The number of aliphatic hydroxyl groups is 1. The third-order valence-corrected chi connectivity index (χ3v) is 2.53. The third-order valence-electron chi connectivity index (χ3n) is 2.03. The number of alkyl halides is 2. The van der Waals surface area contributed by atoms with Crippen LogP contribution in [0.25, 0.3) is 0 Å². The van der Waals surface area contributed by atoms with E-state index in [2.05, 4.69) is 0 Å². The second-order valence-electron chi connectivity index (χ2n) is 3.15. The van der Waals surface area contributed by atoms with E-state index in [0.717, 1.165) is 6.07 Å². The number of methoxy groups -OCH3 is 1. The molecule has 0 radical (unpaired) electrons. The summed E-state index contributed by atoms with van der Waals surface area (Å²) in [6.45, 7) is -0.639. The lowest BCUT2D eigenvalue weighted by Crippen LogP contribution is -2.16. The predicted molar refractivity (Wildman–Crippen MR) is 58.6 cm³/mol. The summed E-state index contributed by atoms with van der Waals surface area (Å²) in [5.74, 6) is -3.35. The Morgan fingerprint density at radius 3 is 2.50 bits per heavy atom. The van der Waals surface area contributed by atoms with E-state index in [4.69, 9.17) is 33.0 Å². The molecule has 16 heavy (non-hydrogen) atoms. The number of hydrogen-bond acceptors (Lipinski definition) is 2. The molecule has 0 aromatic heterocycles. The summed E-state index contributed by atoms with van der Waals surface area (Å²) in [5.41, 5.74) is -0.415. The monoisotopic (exact) mass is 270 g/mol. The van der Waals surface area contributed by atoms with E-state index in [0.29, 0.717) is 0 Å². The van der Waals surface area contributed by atoms with Gasteiger partial charge in [0.15, 0.2) is 0 Å². The first-order valence-electron chi connectivity index (χ1n) is 4.44. The van der Waals surface area contributed by atoms with Crippen LogP contribution in [-0.4, -0.2) is 18.8 Å². The molecule has 0 atom stereocenters. The van der Waals surface area contributed by atoms with Gasteiger partial charge in [0.2, 0.25) is 0 Å². The van der Waals surface area contributed by atoms with Crippen molar-refractivity contribution in [1.29, 1.82) is 0 Å². The maximum absolute atomic E-state index is 13.6. The van der Waals surface area contributed by atoms with Gasteiger partial charge < -0.3 is 9.84 Å². The van der Waals surface area contributed by atoms with Crippen LogP contribution >= 0.6 is 23.2 Å². The Kier molecular flexibility index (Phi) is 4.35. The minimum absolute atomic E-state index is 0.0163. The van der Waals surface area contributed by atoms with Crippen molar-refractivity contribution in [2.24, 2.45) is 0 Å². The molecule has 0 bridgehead atoms. The Balaban J connectivity index is 3.30. The Morgan fingerprint density at radius 1 is 1.38 bits per heavy atom. The van der Waals surface area contributed by atoms with Crippen LogP contribution in [0.15, 0.2) is 12.1 Å². The van der Waals surface area contributed by atoms with Gasteiger partial charge >= 0.3 is 0 Å². The smallest absolute Gasteiger partial charge is 0.279 e. The Bertz CT molecular complexity index is 383. The maximum atomic E-state index is 13.6. The molecule has 0 aliphatic carbocycles. The van der Waals surface area contributed by atoms with Crippen LogP contribution in [0.5, 0.6) is 5.75 Å². The van der Waals surface area contributed by atoms with E-state index in [1.54, 1.807) is 0 Å². The molecule has 0 aliphatic rings. The number of aliphatic hydroxyl groups excluding tert-OH is 1. The fourth-order valence-electron chi connectivity index (χ4n) is 1.31. The first-order chi connectivity index (χ1) is 7.42. The average molecular weight is 271 g/mol. The van der Waals surface area contributed by atoms with Gasteiger partial charge in [0.1, 0.15) is 5.75 Å². The molecule has 0 fully saturated rings. The minimum Gasteiger partial charge on any atom is -0.495 e. The van der Waals surface area contributed by atoms with E-state index in [9.17, 15) is 8.78 Å². The zero-order chi connectivity index (χ0) is 12.3. The van der Waals surface area contributed by atoms with E-state index in [-0.39, 0.29) is 15.8 Å². The summed E-state index contributed by atoms with van der Waals surface area (Å²) in [7, 11) is 1.24. The first-order valence-corrected chi connectivity index (χ1v) is 5.20. The third kappa shape index (κ3) is 2.75. The minimum atomic E-state index is -3.23. The van der Waals surface area contributed by atoms with Gasteiger partial charge in [-0.1, -0.05) is 23.2 Å². The lowest BCUT2D eigenvalue weighted by molar-refractivity contribution is -0.0287. The summed E-state index contributed by atoms with van der Waals surface area (Å²) in [4.78, 5) is 0. The van der Waals surface area contributed by atoms with E-state index >= 15 is 0 Å². The largest absolute Gasteiger partial charge is 0.495 e. The molecule has 0 unspecified atom stereocenters. The van der Waals surface area contributed by atoms with Crippen molar-refractivity contribution in [3.63, 3.8) is 0 Å². The number of benzene rings is 1. The van der Waals surface area contributed by atoms with Crippen LogP contribution in [0.4, 0.5) is 8.78 Å². The van der Waals surface area contributed by atoms with Crippen LogP contribution in [0.3, 0.4) is 0 Å². The molecule has 6 heteroatoms. The molecule has 0 saturated carbocycles. The molecular weight excluding hydrogens is 261 g/mol. The molecule has 0 aliphatic heterocycles. The highest BCUT2D eigenvalue weighted by Crippen LogP contribution is 2.42. The van der Waals surface area contributed by atoms with Crippen molar-refractivity contribution >= 4 is 23.2 Å². The average Bonchev–Trinajstić information content (AvgIpc) is 2.16. The predicted octanol–water partition coefficient (Wildman–Crippen LogP) is 3.48. The normalized spacial score (nSPS) is 11.6. The van der Waals surface area contributed by atoms with E-state index in [1.807, 2.05) is 0 Å². The highest BCUT2D eigenvalue weighted by atomic mass is 35.5. The molecule has 2 nitrogen and oxygen atoms in total. The zero-order valence-electron chi connectivity index (χ0n) is 8.44. The van der Waals surface area contributed by atoms with Crippen molar-refractivity contribution in [2.45, 2.75) is 12.3 Å². The number of halogens is 4. The lowest BCUT2D eigenvalue weighted by Gasteiger charge is -2.19. The molecule has 0 heterocycles. The van der Waals surface area contributed by atoms with Gasteiger partial charge in [-0.15, -0.1) is 0 Å². The summed E-state index contributed by atoms with van der Waals surface area (Å²) < 4.78 is 32.0. The SMILES string of the molecule is COc1c(Cl)cc(Cl)cc1C(F)(F)CCO. The lowest BCUT2D eigenvalue weighted by atomic mass is 10.0. The molecular formula is C10H10Cl2F2O2. The second kappa shape index (κ2) is 5.17. The van der Waals surface area contributed by atoms with Crippen molar-refractivity contribution in [2.75, 3.05) is 13.7 Å². The van der Waals surface area contributed by atoms with Gasteiger partial charge in [-0.3, -0.25) is 0 Å². The molecule has 1 aromatic rings. The van der Waals surface area contributed by atoms with Gasteiger partial charge in [0.05, 0.1) is 17.7 Å². The van der Waals surface area contributed by atoms with Crippen LogP contribution in [-0.2, 0) is 5.92 Å². The molecule has 0 amide bonds. The maximum Gasteiger partial charge on any atom is 0.279 e. The molecule has 0 spiro atoms. The fraction of sp³-hybridized carbons (Fsp3) is 0.400. The topological polar surface area (TPSA) is 29.5 Å². The molecule has 90 valence electrons. The van der Waals surface area contributed by atoms with Crippen LogP contribution in [0.1, 0.15) is 12.0 Å². The summed E-state index contributed by atoms with van der Waals surface area (Å²) in [6.07, 6.45) is -0.708. The van der Waals surface area contributed by atoms with Crippen LogP contribution in [0.2, 0.25) is 10.0 Å². The molecule has 0 saturated heterocycles. The van der Waals surface area contributed by atoms with Gasteiger partial charge in [0, 0.05) is 18.1 Å². The second-order valence-corrected chi connectivity index (χ2v) is 3.99.